The van der Waals surface area contributed by atoms with Crippen molar-refractivity contribution in [2.75, 3.05) is 0 Å². The second-order valence-corrected chi connectivity index (χ2v) is 15.0. The molecule has 56 heavy (non-hydrogen) atoms. The Labute approximate surface area is 324 Å². The van der Waals surface area contributed by atoms with Gasteiger partial charge in [-0.25, -0.2) is 19.9 Å². The third-order valence-electron chi connectivity index (χ3n) is 11.3. The molecule has 11 rings (SSSR count). The van der Waals surface area contributed by atoms with E-state index in [1.54, 1.807) is 0 Å². The molecule has 0 bridgehead atoms. The molecule has 2 aromatic heterocycles. The Balaban J connectivity index is 1.06. The molecule has 0 aliphatic heterocycles. The van der Waals surface area contributed by atoms with E-state index < -0.39 is 0 Å². The summed E-state index contributed by atoms with van der Waals surface area (Å²) in [6.07, 6.45) is 0. The minimum Gasteiger partial charge on any atom is -0.435 e. The summed E-state index contributed by atoms with van der Waals surface area (Å²) < 4.78 is 6.49. The molecule has 0 amide bonds. The van der Waals surface area contributed by atoms with Crippen LogP contribution in [0.4, 0.5) is 0 Å². The fraction of sp³-hybridized carbons (Fsp3) is 0.0588. The SMILES string of the molecule is CC1(C)c2ccccc2-c2cccc(-c3nc(-c4ccc(-c5cccc6ccc7nc(-c8ccccc8)oc7c56)cc4)nc(-c4ccc5ccccc5c4)n3)c21. The molecule has 5 nitrogen and oxygen atoms in total. The first kappa shape index (κ1) is 32.2. The molecular weight excluding hydrogens is 685 g/mol. The average Bonchev–Trinajstić information content (AvgIpc) is 3.80. The average molecular weight is 719 g/mol. The Hall–Kier alpha value is -7.24. The second kappa shape index (κ2) is 12.4. The van der Waals surface area contributed by atoms with Gasteiger partial charge in [0.2, 0.25) is 5.89 Å². The van der Waals surface area contributed by atoms with Crippen LogP contribution in [0.3, 0.4) is 0 Å². The molecular formula is C51H34N4O. The smallest absolute Gasteiger partial charge is 0.227 e. The van der Waals surface area contributed by atoms with Crippen LogP contribution in [0.5, 0.6) is 0 Å². The lowest BCUT2D eigenvalue weighted by molar-refractivity contribution is 0.623. The van der Waals surface area contributed by atoms with Gasteiger partial charge in [-0.1, -0.05) is 159 Å². The number of benzene rings is 8. The predicted octanol–water partition coefficient (Wildman–Crippen LogP) is 13.0. The summed E-state index contributed by atoms with van der Waals surface area (Å²) >= 11 is 0. The molecule has 0 unspecified atom stereocenters. The van der Waals surface area contributed by atoms with Gasteiger partial charge in [0.25, 0.3) is 0 Å². The van der Waals surface area contributed by atoms with E-state index in [0.717, 1.165) is 60.6 Å². The predicted molar refractivity (Wildman–Crippen MR) is 227 cm³/mol. The van der Waals surface area contributed by atoms with Gasteiger partial charge in [0.1, 0.15) is 5.52 Å². The van der Waals surface area contributed by atoms with E-state index in [1.165, 1.54) is 27.6 Å². The Bertz CT molecular complexity index is 3160. The number of nitrogens with zero attached hydrogens (tertiary/aromatic N) is 4. The zero-order chi connectivity index (χ0) is 37.4. The van der Waals surface area contributed by atoms with E-state index in [2.05, 4.69) is 147 Å². The van der Waals surface area contributed by atoms with Crippen molar-refractivity contribution in [2.24, 2.45) is 0 Å². The number of rotatable bonds is 5. The van der Waals surface area contributed by atoms with Crippen LogP contribution in [-0.2, 0) is 5.41 Å². The maximum Gasteiger partial charge on any atom is 0.227 e. The Kier molecular flexibility index (Phi) is 7.13. The van der Waals surface area contributed by atoms with E-state index in [1.807, 2.05) is 36.4 Å². The van der Waals surface area contributed by atoms with Gasteiger partial charge in [-0.05, 0) is 73.8 Å². The molecule has 0 N–H and O–H groups in total. The number of hydrogen-bond donors (Lipinski definition) is 0. The number of aromatic nitrogens is 4. The van der Waals surface area contributed by atoms with Gasteiger partial charge in [0, 0.05) is 33.1 Å². The van der Waals surface area contributed by atoms with Crippen molar-refractivity contribution in [3.63, 3.8) is 0 Å². The molecule has 264 valence electrons. The number of fused-ring (bicyclic) bond motifs is 7. The Morgan fingerprint density at radius 1 is 0.411 bits per heavy atom. The second-order valence-electron chi connectivity index (χ2n) is 15.0. The normalized spacial score (nSPS) is 13.0. The summed E-state index contributed by atoms with van der Waals surface area (Å²) in [5.41, 5.74) is 12.4. The standard InChI is InChI=1S/C51H34N4O/c1-51(2)42-21-9-8-17-39(42)40-19-11-20-41(45(40)51)49-54-47(53-48(55-49)37-27-22-31-12-6-7-15-36(31)30-37)34-25-23-32(24-26-34)38-18-10-16-33-28-29-43-46(44(33)38)56-50(52-43)35-13-4-3-5-14-35/h3-30H,1-2H3. The van der Waals surface area contributed by atoms with Crippen molar-refractivity contribution >= 4 is 32.6 Å². The minimum atomic E-state index is -0.227. The summed E-state index contributed by atoms with van der Waals surface area (Å²) in [6.45, 7) is 4.60. The van der Waals surface area contributed by atoms with Crippen LogP contribution in [0.15, 0.2) is 174 Å². The van der Waals surface area contributed by atoms with E-state index in [9.17, 15) is 0 Å². The van der Waals surface area contributed by atoms with Gasteiger partial charge in [0.05, 0.1) is 0 Å². The molecule has 0 spiro atoms. The summed E-state index contributed by atoms with van der Waals surface area (Å²) in [5, 5.41) is 4.45. The molecule has 5 heteroatoms. The molecule has 10 aromatic rings. The molecule has 0 saturated carbocycles. The third-order valence-corrected chi connectivity index (χ3v) is 11.3. The van der Waals surface area contributed by atoms with E-state index in [4.69, 9.17) is 24.4 Å². The van der Waals surface area contributed by atoms with Gasteiger partial charge in [-0.3, -0.25) is 0 Å². The van der Waals surface area contributed by atoms with Crippen molar-refractivity contribution in [3.8, 4) is 67.9 Å². The lowest BCUT2D eigenvalue weighted by atomic mass is 9.80. The van der Waals surface area contributed by atoms with Gasteiger partial charge < -0.3 is 4.42 Å². The van der Waals surface area contributed by atoms with Crippen LogP contribution < -0.4 is 0 Å². The molecule has 0 saturated heterocycles. The highest BCUT2D eigenvalue weighted by Crippen LogP contribution is 2.51. The summed E-state index contributed by atoms with van der Waals surface area (Å²) in [7, 11) is 0. The molecule has 0 atom stereocenters. The van der Waals surface area contributed by atoms with Gasteiger partial charge in [0.15, 0.2) is 23.1 Å². The molecule has 1 aliphatic rings. The van der Waals surface area contributed by atoms with Crippen molar-refractivity contribution in [2.45, 2.75) is 19.3 Å². The van der Waals surface area contributed by atoms with Crippen molar-refractivity contribution in [3.05, 3.63) is 181 Å². The number of hydrogen-bond acceptors (Lipinski definition) is 5. The van der Waals surface area contributed by atoms with Gasteiger partial charge in [-0.2, -0.15) is 0 Å². The van der Waals surface area contributed by atoms with Gasteiger partial charge in [-0.15, -0.1) is 0 Å². The summed E-state index contributed by atoms with van der Waals surface area (Å²) in [4.78, 5) is 20.5. The fourth-order valence-electron chi connectivity index (χ4n) is 8.62. The first-order chi connectivity index (χ1) is 27.5. The monoisotopic (exact) mass is 718 g/mol. The number of oxazole rings is 1. The maximum absolute atomic E-state index is 6.49. The Morgan fingerprint density at radius 2 is 1.02 bits per heavy atom. The maximum atomic E-state index is 6.49. The highest BCUT2D eigenvalue weighted by Gasteiger charge is 2.38. The summed E-state index contributed by atoms with van der Waals surface area (Å²) in [6, 6.07) is 59.1. The van der Waals surface area contributed by atoms with Crippen LogP contribution in [0.2, 0.25) is 0 Å². The van der Waals surface area contributed by atoms with Gasteiger partial charge >= 0.3 is 0 Å². The van der Waals surface area contributed by atoms with Crippen LogP contribution in [0.1, 0.15) is 25.0 Å². The molecule has 2 heterocycles. The topological polar surface area (TPSA) is 64.7 Å². The fourth-order valence-corrected chi connectivity index (χ4v) is 8.62. The van der Waals surface area contributed by atoms with Crippen LogP contribution in [0, 0.1) is 0 Å². The zero-order valence-electron chi connectivity index (χ0n) is 30.9. The van der Waals surface area contributed by atoms with Crippen molar-refractivity contribution < 1.29 is 4.42 Å². The quantitative estimate of drug-likeness (QED) is 0.177. The minimum absolute atomic E-state index is 0.227. The lowest BCUT2D eigenvalue weighted by Gasteiger charge is -2.24. The lowest BCUT2D eigenvalue weighted by Crippen LogP contribution is -2.17. The largest absolute Gasteiger partial charge is 0.435 e. The Morgan fingerprint density at radius 3 is 1.88 bits per heavy atom. The van der Waals surface area contributed by atoms with E-state index in [0.29, 0.717) is 23.4 Å². The highest BCUT2D eigenvalue weighted by molar-refractivity contribution is 6.11. The molecule has 0 fully saturated rings. The first-order valence-corrected chi connectivity index (χ1v) is 19.0. The summed E-state index contributed by atoms with van der Waals surface area (Å²) in [5.74, 6) is 2.54. The molecule has 8 aromatic carbocycles. The van der Waals surface area contributed by atoms with E-state index in [-0.39, 0.29) is 5.41 Å². The third kappa shape index (κ3) is 5.09. The van der Waals surface area contributed by atoms with Crippen LogP contribution in [0.25, 0.3) is 101 Å². The van der Waals surface area contributed by atoms with Crippen LogP contribution >= 0.6 is 0 Å². The first-order valence-electron chi connectivity index (χ1n) is 19.0. The van der Waals surface area contributed by atoms with Crippen molar-refractivity contribution in [1.82, 2.24) is 19.9 Å². The molecule has 1 aliphatic carbocycles. The van der Waals surface area contributed by atoms with Crippen molar-refractivity contribution in [1.29, 1.82) is 0 Å². The van der Waals surface area contributed by atoms with E-state index >= 15 is 0 Å². The zero-order valence-corrected chi connectivity index (χ0v) is 30.9. The molecule has 0 radical (unpaired) electrons. The highest BCUT2D eigenvalue weighted by atomic mass is 16.3. The van der Waals surface area contributed by atoms with Crippen LogP contribution in [-0.4, -0.2) is 19.9 Å².